The number of amides is 1. The number of aryl methyl sites for hydroxylation is 2. The van der Waals surface area contributed by atoms with Crippen molar-refractivity contribution in [3.05, 3.63) is 71.4 Å². The van der Waals surface area contributed by atoms with Crippen LogP contribution in [-0.2, 0) is 13.0 Å². The Morgan fingerprint density at radius 1 is 1.20 bits per heavy atom. The summed E-state index contributed by atoms with van der Waals surface area (Å²) in [7, 11) is 0. The van der Waals surface area contributed by atoms with Crippen molar-refractivity contribution >= 4 is 17.5 Å². The van der Waals surface area contributed by atoms with E-state index in [0.717, 1.165) is 29.0 Å². The molecule has 3 rings (SSSR count). The summed E-state index contributed by atoms with van der Waals surface area (Å²) in [4.78, 5) is 21.0. The second-order valence-electron chi connectivity index (χ2n) is 5.62. The van der Waals surface area contributed by atoms with Crippen LogP contribution in [0.3, 0.4) is 0 Å². The number of nitrogens with zero attached hydrogens (tertiary/aromatic N) is 2. The van der Waals surface area contributed by atoms with Gasteiger partial charge in [0.05, 0.1) is 12.8 Å². The van der Waals surface area contributed by atoms with Crippen molar-refractivity contribution in [2.75, 3.05) is 10.6 Å². The second-order valence-corrected chi connectivity index (χ2v) is 5.62. The van der Waals surface area contributed by atoms with Gasteiger partial charge >= 0.3 is 0 Å². The normalized spacial score (nSPS) is 10.5. The van der Waals surface area contributed by atoms with E-state index in [2.05, 4.69) is 27.5 Å². The lowest BCUT2D eigenvalue weighted by Crippen LogP contribution is -2.17. The Balaban J connectivity index is 1.73. The van der Waals surface area contributed by atoms with E-state index in [9.17, 15) is 4.79 Å². The molecule has 0 unspecified atom stereocenters. The molecule has 0 spiro atoms. The number of furan rings is 1. The Bertz CT molecular complexity index is 860. The molecule has 6 nitrogen and oxygen atoms in total. The fraction of sp³-hybridized carbons (Fsp3) is 0.211. The number of nitrogens with one attached hydrogen (secondary N) is 2. The number of rotatable bonds is 6. The highest BCUT2D eigenvalue weighted by atomic mass is 16.3. The van der Waals surface area contributed by atoms with Gasteiger partial charge in [-0.2, -0.15) is 0 Å². The predicted molar refractivity (Wildman–Crippen MR) is 96.6 cm³/mol. The molecule has 2 heterocycles. The van der Waals surface area contributed by atoms with Crippen LogP contribution in [0.4, 0.5) is 11.6 Å². The van der Waals surface area contributed by atoms with Gasteiger partial charge in [-0.25, -0.2) is 9.97 Å². The topological polar surface area (TPSA) is 80.0 Å². The highest BCUT2D eigenvalue weighted by molar-refractivity contribution is 6.03. The molecule has 2 N–H and O–H groups in total. The first-order valence-corrected chi connectivity index (χ1v) is 8.16. The predicted octanol–water partition coefficient (Wildman–Crippen LogP) is 3.80. The van der Waals surface area contributed by atoms with E-state index in [0.29, 0.717) is 18.2 Å². The average Bonchev–Trinajstić information content (AvgIpc) is 3.15. The summed E-state index contributed by atoms with van der Waals surface area (Å²) in [5.41, 5.74) is 3.28. The largest absolute Gasteiger partial charge is 0.467 e. The summed E-state index contributed by atoms with van der Waals surface area (Å²) >= 11 is 0. The average molecular weight is 336 g/mol. The zero-order valence-corrected chi connectivity index (χ0v) is 14.2. The van der Waals surface area contributed by atoms with Gasteiger partial charge in [0.15, 0.2) is 0 Å². The maximum atomic E-state index is 12.6. The maximum Gasteiger partial charge on any atom is 0.274 e. The smallest absolute Gasteiger partial charge is 0.274 e. The minimum atomic E-state index is -0.257. The molecule has 1 amide bonds. The van der Waals surface area contributed by atoms with E-state index in [1.807, 2.05) is 37.3 Å². The van der Waals surface area contributed by atoms with Crippen LogP contribution in [0.15, 0.2) is 53.3 Å². The lowest BCUT2D eigenvalue weighted by molar-refractivity contribution is 0.102. The van der Waals surface area contributed by atoms with Gasteiger partial charge in [-0.05, 0) is 42.7 Å². The molecular weight excluding hydrogens is 316 g/mol. The van der Waals surface area contributed by atoms with Gasteiger partial charge in [0, 0.05) is 11.9 Å². The Labute approximate surface area is 146 Å². The van der Waals surface area contributed by atoms with Gasteiger partial charge in [0.1, 0.15) is 11.5 Å². The van der Waals surface area contributed by atoms with Crippen LogP contribution >= 0.6 is 0 Å². The van der Waals surface area contributed by atoms with Gasteiger partial charge in [0.25, 0.3) is 5.91 Å². The molecule has 0 saturated carbocycles. The molecule has 0 radical (unpaired) electrons. The van der Waals surface area contributed by atoms with Crippen molar-refractivity contribution in [3.8, 4) is 0 Å². The van der Waals surface area contributed by atoms with Crippen LogP contribution in [0.25, 0.3) is 0 Å². The van der Waals surface area contributed by atoms with Crippen LogP contribution in [0, 0.1) is 6.92 Å². The lowest BCUT2D eigenvalue weighted by atomic mass is 10.1. The molecule has 2 aromatic heterocycles. The highest BCUT2D eigenvalue weighted by Gasteiger charge is 2.13. The number of anilines is 2. The van der Waals surface area contributed by atoms with Crippen molar-refractivity contribution < 1.29 is 9.21 Å². The van der Waals surface area contributed by atoms with Crippen LogP contribution in [0.5, 0.6) is 0 Å². The van der Waals surface area contributed by atoms with E-state index in [4.69, 9.17) is 4.42 Å². The Kier molecular flexibility index (Phi) is 5.09. The molecule has 6 heteroatoms. The fourth-order valence-electron chi connectivity index (χ4n) is 2.53. The Hall–Kier alpha value is -3.15. The SMILES string of the molecule is CCc1cccc(C)c1NC(=O)c1ccnc(NCc2ccco2)n1. The fourth-order valence-corrected chi connectivity index (χ4v) is 2.53. The molecule has 25 heavy (non-hydrogen) atoms. The van der Waals surface area contributed by atoms with Crippen molar-refractivity contribution in [2.24, 2.45) is 0 Å². The first kappa shape index (κ1) is 16.7. The first-order valence-electron chi connectivity index (χ1n) is 8.16. The van der Waals surface area contributed by atoms with E-state index in [1.165, 1.54) is 0 Å². The summed E-state index contributed by atoms with van der Waals surface area (Å²) in [5.74, 6) is 0.892. The van der Waals surface area contributed by atoms with Gasteiger partial charge < -0.3 is 15.1 Å². The number of para-hydroxylation sites is 1. The van der Waals surface area contributed by atoms with Crippen molar-refractivity contribution in [1.29, 1.82) is 0 Å². The Morgan fingerprint density at radius 2 is 2.08 bits per heavy atom. The molecule has 128 valence electrons. The van der Waals surface area contributed by atoms with Crippen LogP contribution in [-0.4, -0.2) is 15.9 Å². The zero-order chi connectivity index (χ0) is 17.6. The Morgan fingerprint density at radius 3 is 2.84 bits per heavy atom. The van der Waals surface area contributed by atoms with Crippen molar-refractivity contribution in [2.45, 2.75) is 26.8 Å². The van der Waals surface area contributed by atoms with E-state index >= 15 is 0 Å². The number of hydrogen-bond acceptors (Lipinski definition) is 5. The highest BCUT2D eigenvalue weighted by Crippen LogP contribution is 2.21. The number of hydrogen-bond donors (Lipinski definition) is 2. The molecule has 3 aromatic rings. The monoisotopic (exact) mass is 336 g/mol. The van der Waals surface area contributed by atoms with Crippen molar-refractivity contribution in [3.63, 3.8) is 0 Å². The molecule has 0 atom stereocenters. The summed E-state index contributed by atoms with van der Waals surface area (Å²) in [6.45, 7) is 4.49. The van der Waals surface area contributed by atoms with Crippen molar-refractivity contribution in [1.82, 2.24) is 9.97 Å². The van der Waals surface area contributed by atoms with Gasteiger partial charge in [-0.3, -0.25) is 4.79 Å². The maximum absolute atomic E-state index is 12.6. The lowest BCUT2D eigenvalue weighted by Gasteiger charge is -2.13. The third-order valence-electron chi connectivity index (χ3n) is 3.87. The first-order chi connectivity index (χ1) is 12.2. The molecular formula is C19H20N4O2. The summed E-state index contributed by atoms with van der Waals surface area (Å²) in [6.07, 6.45) is 4.01. The third-order valence-corrected chi connectivity index (χ3v) is 3.87. The minimum absolute atomic E-state index is 0.257. The van der Waals surface area contributed by atoms with Gasteiger partial charge in [-0.15, -0.1) is 0 Å². The standard InChI is InChI=1S/C19H20N4O2/c1-3-14-7-4-6-13(2)17(14)23-18(24)16-9-10-20-19(22-16)21-12-15-8-5-11-25-15/h4-11H,3,12H2,1-2H3,(H,23,24)(H,20,21,22). The zero-order valence-electron chi connectivity index (χ0n) is 14.2. The molecule has 0 aliphatic heterocycles. The molecule has 1 aromatic carbocycles. The number of carbonyl (C=O) groups excluding carboxylic acids is 1. The van der Waals surface area contributed by atoms with E-state index < -0.39 is 0 Å². The van der Waals surface area contributed by atoms with Crippen LogP contribution in [0.1, 0.15) is 34.3 Å². The molecule has 0 fully saturated rings. The molecule has 0 saturated heterocycles. The van der Waals surface area contributed by atoms with E-state index in [-0.39, 0.29) is 5.91 Å². The number of aromatic nitrogens is 2. The summed E-state index contributed by atoms with van der Waals surface area (Å²) in [5, 5.41) is 6.01. The van der Waals surface area contributed by atoms with Crippen LogP contribution in [0.2, 0.25) is 0 Å². The van der Waals surface area contributed by atoms with E-state index in [1.54, 1.807) is 18.5 Å². The minimum Gasteiger partial charge on any atom is -0.467 e. The molecule has 0 aliphatic rings. The summed E-state index contributed by atoms with van der Waals surface area (Å²) in [6, 6.07) is 11.2. The second kappa shape index (κ2) is 7.61. The van der Waals surface area contributed by atoms with Crippen LogP contribution < -0.4 is 10.6 Å². The molecule has 0 aliphatic carbocycles. The third kappa shape index (κ3) is 4.03. The van der Waals surface area contributed by atoms with Gasteiger partial charge in [0.2, 0.25) is 5.95 Å². The number of carbonyl (C=O) groups is 1. The quantitative estimate of drug-likeness (QED) is 0.715. The molecule has 0 bridgehead atoms. The van der Waals surface area contributed by atoms with Gasteiger partial charge in [-0.1, -0.05) is 25.1 Å². The summed E-state index contributed by atoms with van der Waals surface area (Å²) < 4.78 is 5.25. The number of benzene rings is 1.